The smallest absolute Gasteiger partial charge is 0.236 e. The summed E-state index contributed by atoms with van der Waals surface area (Å²) in [6.45, 7) is 5.24. The predicted octanol–water partition coefficient (Wildman–Crippen LogP) is 0.746. The largest absolute Gasteiger partial charge is 0.507 e. The van der Waals surface area contributed by atoms with Gasteiger partial charge in [-0.25, -0.2) is 0 Å². The molecule has 0 aromatic heterocycles. The zero-order valence-corrected chi connectivity index (χ0v) is 24.4. The molecule has 0 saturated carbocycles. The highest BCUT2D eigenvalue weighted by Crippen LogP contribution is 2.58. The molecule has 3 heterocycles. The minimum absolute atomic E-state index is 0.00654. The second kappa shape index (κ2) is 10.4. The molecule has 4 aliphatic rings. The summed E-state index contributed by atoms with van der Waals surface area (Å²) in [6, 6.07) is -2.66. The van der Waals surface area contributed by atoms with Crippen LogP contribution in [0.2, 0.25) is 0 Å². The van der Waals surface area contributed by atoms with Crippen LogP contribution in [0, 0.1) is 6.92 Å². The van der Waals surface area contributed by atoms with Gasteiger partial charge in [0.15, 0.2) is 23.0 Å². The summed E-state index contributed by atoms with van der Waals surface area (Å²) in [6.07, 6.45) is -0.418. The minimum Gasteiger partial charge on any atom is -0.507 e. The van der Waals surface area contributed by atoms with Crippen molar-refractivity contribution < 1.29 is 38.8 Å². The lowest BCUT2D eigenvalue weighted by molar-refractivity contribution is -0.126. The number of ketones is 2. The zero-order valence-electron chi connectivity index (χ0n) is 24.4. The summed E-state index contributed by atoms with van der Waals surface area (Å²) in [7, 11) is 6.25. The average Bonchev–Trinajstić information content (AvgIpc) is 2.93. The number of carbonyl (C=O) groups is 3. The number of likely N-dealkylation sites (N-methyl/N-ethyl adjacent to an activating group) is 1. The lowest BCUT2D eigenvalue weighted by Gasteiger charge is -2.59. The summed E-state index contributed by atoms with van der Waals surface area (Å²) in [5.41, 5.74) is 8.03. The molecule has 6 unspecified atom stereocenters. The molecule has 1 amide bonds. The van der Waals surface area contributed by atoms with Crippen molar-refractivity contribution >= 4 is 17.5 Å². The molecule has 12 nitrogen and oxygen atoms in total. The van der Waals surface area contributed by atoms with E-state index in [1.165, 1.54) is 14.2 Å². The number of aromatic hydroxyl groups is 2. The maximum atomic E-state index is 13.8. The highest BCUT2D eigenvalue weighted by atomic mass is 16.5. The van der Waals surface area contributed by atoms with Gasteiger partial charge in [0, 0.05) is 59.7 Å². The summed E-state index contributed by atoms with van der Waals surface area (Å²) in [5, 5.41) is 25.7. The van der Waals surface area contributed by atoms with Gasteiger partial charge in [-0.3, -0.25) is 24.2 Å². The zero-order chi connectivity index (χ0) is 30.1. The maximum absolute atomic E-state index is 13.8. The summed E-state index contributed by atoms with van der Waals surface area (Å²) >= 11 is 0. The van der Waals surface area contributed by atoms with E-state index in [1.54, 1.807) is 27.9 Å². The number of hydrogen-bond acceptors (Lipinski definition) is 11. The van der Waals surface area contributed by atoms with Gasteiger partial charge >= 0.3 is 0 Å². The lowest BCUT2D eigenvalue weighted by atomic mass is 9.70. The monoisotopic (exact) mass is 570 g/mol. The van der Waals surface area contributed by atoms with Crippen molar-refractivity contribution in [2.24, 2.45) is 5.73 Å². The molecule has 0 radical (unpaired) electrons. The van der Waals surface area contributed by atoms with Gasteiger partial charge < -0.3 is 35.5 Å². The van der Waals surface area contributed by atoms with Crippen LogP contribution < -0.4 is 15.8 Å². The molecule has 0 spiro atoms. The Kier molecular flexibility index (Phi) is 7.39. The Hall–Kier alpha value is -3.45. The summed E-state index contributed by atoms with van der Waals surface area (Å²) in [5.74, 6) is -1.03. The molecule has 6 atom stereocenters. The molecule has 3 aliphatic heterocycles. The van der Waals surface area contributed by atoms with Gasteiger partial charge in [0.25, 0.3) is 0 Å². The first-order chi connectivity index (χ1) is 19.4. The van der Waals surface area contributed by atoms with Crippen LogP contribution in [0.5, 0.6) is 17.2 Å². The van der Waals surface area contributed by atoms with Crippen molar-refractivity contribution in [3.63, 3.8) is 0 Å². The van der Waals surface area contributed by atoms with Gasteiger partial charge in [-0.15, -0.1) is 0 Å². The average molecular weight is 571 g/mol. The van der Waals surface area contributed by atoms with Gasteiger partial charge in [-0.05, 0) is 34.2 Å². The van der Waals surface area contributed by atoms with Crippen LogP contribution in [0.25, 0.3) is 0 Å². The number of nitrogens with two attached hydrogens (primary N) is 1. The van der Waals surface area contributed by atoms with E-state index in [0.717, 1.165) is 0 Å². The number of benzene rings is 1. The molecule has 12 heteroatoms. The van der Waals surface area contributed by atoms with E-state index in [0.29, 0.717) is 34.4 Å². The standard InChI is InChI=1S/C29H38N4O8/c1-11-22(34)14-8-15-21-19-20(23(35)12(2)27(40-6)25(19)37)28(41-7)17(32(21)4)10-33(15)16(9-31-29(38)13(3)30)18(14)24(36)26(11)39-5/h13,15-17,21,28,35,37H,8-10,30H2,1-7H3,(H,31,38). The number of fused-ring (bicyclic) bond motifs is 6. The fourth-order valence-corrected chi connectivity index (χ4v) is 7.24. The molecule has 1 aliphatic carbocycles. The van der Waals surface area contributed by atoms with Gasteiger partial charge in [0.05, 0.1) is 38.4 Å². The van der Waals surface area contributed by atoms with Crippen molar-refractivity contribution in [2.45, 2.75) is 63.5 Å². The number of hydrogen-bond donors (Lipinski definition) is 4. The quantitative estimate of drug-likeness (QED) is 0.282. The highest BCUT2D eigenvalue weighted by molar-refractivity contribution is 6.25. The van der Waals surface area contributed by atoms with Crippen molar-refractivity contribution in [2.75, 3.05) is 41.5 Å². The molecule has 1 fully saturated rings. The van der Waals surface area contributed by atoms with E-state index in [-0.39, 0.29) is 65.1 Å². The Labute approximate surface area is 238 Å². The highest BCUT2D eigenvalue weighted by Gasteiger charge is 2.57. The minimum atomic E-state index is -0.768. The van der Waals surface area contributed by atoms with Gasteiger partial charge in [0.1, 0.15) is 11.9 Å². The Bertz CT molecular complexity index is 1400. The number of Topliss-reactive ketones (excluding diaryl/α,β-unsaturated/α-hetero) is 2. The number of piperazine rings is 1. The topological polar surface area (TPSA) is 164 Å². The van der Waals surface area contributed by atoms with Crippen LogP contribution in [-0.2, 0) is 23.9 Å². The molecule has 5 N–H and O–H groups in total. The summed E-state index contributed by atoms with van der Waals surface area (Å²) < 4.78 is 16.8. The van der Waals surface area contributed by atoms with Crippen LogP contribution in [0.1, 0.15) is 49.1 Å². The van der Waals surface area contributed by atoms with E-state index in [2.05, 4.69) is 15.1 Å². The van der Waals surface area contributed by atoms with E-state index >= 15 is 0 Å². The molecule has 1 saturated heterocycles. The molecule has 41 heavy (non-hydrogen) atoms. The first-order valence-corrected chi connectivity index (χ1v) is 13.6. The normalized spacial score (nSPS) is 28.6. The molecule has 222 valence electrons. The Morgan fingerprint density at radius 1 is 1.07 bits per heavy atom. The van der Waals surface area contributed by atoms with Gasteiger partial charge in [0.2, 0.25) is 11.7 Å². The summed E-state index contributed by atoms with van der Waals surface area (Å²) in [4.78, 5) is 44.2. The van der Waals surface area contributed by atoms with Crippen LogP contribution in [0.4, 0.5) is 0 Å². The van der Waals surface area contributed by atoms with E-state index in [1.807, 2.05) is 7.05 Å². The first-order valence-electron chi connectivity index (χ1n) is 13.6. The molecule has 1 aromatic rings. The number of phenolic OH excluding ortho intramolecular Hbond substituents is 2. The van der Waals surface area contributed by atoms with Crippen LogP contribution >= 0.6 is 0 Å². The predicted molar refractivity (Wildman–Crippen MR) is 147 cm³/mol. The molecule has 1 aromatic carbocycles. The second-order valence-electron chi connectivity index (χ2n) is 11.2. The van der Waals surface area contributed by atoms with Crippen LogP contribution in [0.3, 0.4) is 0 Å². The number of carbonyl (C=O) groups excluding carboxylic acids is 3. The van der Waals surface area contributed by atoms with Crippen molar-refractivity contribution in [3.8, 4) is 17.2 Å². The fourth-order valence-electron chi connectivity index (χ4n) is 7.24. The Morgan fingerprint density at radius 2 is 1.76 bits per heavy atom. The van der Waals surface area contributed by atoms with Crippen molar-refractivity contribution in [3.05, 3.63) is 39.2 Å². The van der Waals surface area contributed by atoms with Crippen molar-refractivity contribution in [1.29, 1.82) is 0 Å². The Balaban J connectivity index is 1.72. The molecule has 5 rings (SSSR count). The molecule has 2 bridgehead atoms. The number of amides is 1. The second-order valence-corrected chi connectivity index (χ2v) is 11.2. The SMILES string of the molecule is COC1=C(C)C(=O)C2=C(C1=O)C(CNC(=O)C(C)N)N1CC3C(OC)c4c(O)c(C)c(OC)c(O)c4C(C1C2)N3C. The lowest BCUT2D eigenvalue weighted by Crippen LogP contribution is -2.68. The number of nitrogens with one attached hydrogen (secondary N) is 1. The first kappa shape index (κ1) is 29.1. The van der Waals surface area contributed by atoms with E-state index in [9.17, 15) is 24.6 Å². The van der Waals surface area contributed by atoms with E-state index < -0.39 is 30.3 Å². The fraction of sp³-hybridized carbons (Fsp3) is 0.552. The third-order valence-corrected chi connectivity index (χ3v) is 9.21. The molecular formula is C29H38N4O8. The van der Waals surface area contributed by atoms with Crippen LogP contribution in [0.15, 0.2) is 22.5 Å². The Morgan fingerprint density at radius 3 is 2.34 bits per heavy atom. The van der Waals surface area contributed by atoms with Gasteiger partial charge in [-0.2, -0.15) is 0 Å². The maximum Gasteiger partial charge on any atom is 0.236 e. The number of rotatable bonds is 6. The van der Waals surface area contributed by atoms with Crippen LogP contribution in [-0.4, -0.2) is 103 Å². The number of ether oxygens (including phenoxy) is 3. The number of nitrogens with zero attached hydrogens (tertiary/aromatic N) is 2. The van der Waals surface area contributed by atoms with Gasteiger partial charge in [-0.1, -0.05) is 0 Å². The third-order valence-electron chi connectivity index (χ3n) is 9.21. The van der Waals surface area contributed by atoms with Crippen molar-refractivity contribution in [1.82, 2.24) is 15.1 Å². The number of phenols is 2. The third kappa shape index (κ3) is 4.07. The number of allylic oxidation sites excluding steroid dienone is 2. The molecular weight excluding hydrogens is 532 g/mol. The number of methoxy groups -OCH3 is 3. The van der Waals surface area contributed by atoms with E-state index in [4.69, 9.17) is 19.9 Å².